The zero-order valence-electron chi connectivity index (χ0n) is 12.2. The maximum absolute atomic E-state index is 5.88. The van der Waals surface area contributed by atoms with Gasteiger partial charge in [-0.3, -0.25) is 4.99 Å². The smallest absolute Gasteiger partial charge is 0.188 e. The minimum atomic E-state index is 0. The largest absolute Gasteiger partial charge is 0.370 e. The van der Waals surface area contributed by atoms with Crippen molar-refractivity contribution in [3.05, 3.63) is 35.9 Å². The zero-order valence-corrected chi connectivity index (χ0v) is 14.6. The van der Waals surface area contributed by atoms with Gasteiger partial charge in [0.25, 0.3) is 0 Å². The Morgan fingerprint density at radius 1 is 1.35 bits per heavy atom. The van der Waals surface area contributed by atoms with Gasteiger partial charge < -0.3 is 16.0 Å². The second kappa shape index (κ2) is 8.46. The van der Waals surface area contributed by atoms with E-state index in [1.165, 1.54) is 18.4 Å². The minimum absolute atomic E-state index is 0. The van der Waals surface area contributed by atoms with Gasteiger partial charge in [-0.1, -0.05) is 30.3 Å². The highest BCUT2D eigenvalue weighted by Crippen LogP contribution is 2.18. The molecule has 0 radical (unpaired) electrons. The van der Waals surface area contributed by atoms with Crippen molar-refractivity contribution in [2.45, 2.75) is 31.3 Å². The van der Waals surface area contributed by atoms with Gasteiger partial charge in [-0.25, -0.2) is 0 Å². The van der Waals surface area contributed by atoms with Crippen LogP contribution in [-0.2, 0) is 6.42 Å². The van der Waals surface area contributed by atoms with E-state index in [0.29, 0.717) is 18.0 Å². The molecule has 1 saturated carbocycles. The fraction of sp³-hybridized carbons (Fsp3) is 0.533. The van der Waals surface area contributed by atoms with Crippen molar-refractivity contribution in [2.75, 3.05) is 20.6 Å². The molecule has 3 N–H and O–H groups in total. The number of hydrogen-bond acceptors (Lipinski definition) is 2. The molecule has 4 nitrogen and oxygen atoms in total. The molecule has 1 unspecified atom stereocenters. The van der Waals surface area contributed by atoms with Crippen LogP contribution in [0.25, 0.3) is 0 Å². The average molecular weight is 388 g/mol. The molecule has 0 amide bonds. The summed E-state index contributed by atoms with van der Waals surface area (Å²) < 4.78 is 0. The summed E-state index contributed by atoms with van der Waals surface area (Å²) in [7, 11) is 4.18. The van der Waals surface area contributed by atoms with E-state index in [1.807, 2.05) is 6.07 Å². The predicted octanol–water partition coefficient (Wildman–Crippen LogP) is 1.84. The molecule has 5 heteroatoms. The molecule has 0 bridgehead atoms. The Morgan fingerprint density at radius 2 is 2.00 bits per heavy atom. The van der Waals surface area contributed by atoms with E-state index in [2.05, 4.69) is 53.6 Å². The summed E-state index contributed by atoms with van der Waals surface area (Å²) in [5.74, 6) is 0.586. The van der Waals surface area contributed by atoms with Crippen LogP contribution in [-0.4, -0.2) is 43.6 Å². The van der Waals surface area contributed by atoms with E-state index < -0.39 is 0 Å². The quantitative estimate of drug-likeness (QED) is 0.444. The summed E-state index contributed by atoms with van der Waals surface area (Å²) in [5.41, 5.74) is 7.21. The van der Waals surface area contributed by atoms with E-state index in [9.17, 15) is 0 Å². The third-order valence-electron chi connectivity index (χ3n) is 3.45. The van der Waals surface area contributed by atoms with E-state index in [0.717, 1.165) is 13.0 Å². The molecule has 1 fully saturated rings. The maximum atomic E-state index is 5.88. The summed E-state index contributed by atoms with van der Waals surface area (Å²) in [4.78, 5) is 6.67. The summed E-state index contributed by atoms with van der Waals surface area (Å²) in [6.45, 7) is 0.730. The van der Waals surface area contributed by atoms with Crippen molar-refractivity contribution in [2.24, 2.45) is 10.7 Å². The molecule has 1 atom stereocenters. The maximum Gasteiger partial charge on any atom is 0.188 e. The first kappa shape index (κ1) is 17.2. The van der Waals surface area contributed by atoms with Crippen LogP contribution in [0.4, 0.5) is 0 Å². The van der Waals surface area contributed by atoms with Crippen molar-refractivity contribution < 1.29 is 0 Å². The van der Waals surface area contributed by atoms with Crippen LogP contribution < -0.4 is 11.1 Å². The van der Waals surface area contributed by atoms with Crippen molar-refractivity contribution in [3.63, 3.8) is 0 Å². The minimum Gasteiger partial charge on any atom is -0.370 e. The lowest BCUT2D eigenvalue weighted by Gasteiger charge is -2.23. The Bertz CT molecular complexity index is 415. The molecule has 0 aliphatic heterocycles. The first-order chi connectivity index (χ1) is 9.15. The molecular formula is C15H25IN4. The molecule has 1 aliphatic rings. The van der Waals surface area contributed by atoms with Gasteiger partial charge in [0.05, 0.1) is 6.54 Å². The number of guanidine groups is 1. The summed E-state index contributed by atoms with van der Waals surface area (Å²) >= 11 is 0. The first-order valence-corrected chi connectivity index (χ1v) is 6.92. The molecule has 1 aromatic rings. The lowest BCUT2D eigenvalue weighted by molar-refractivity contribution is 0.298. The number of benzene rings is 1. The lowest BCUT2D eigenvalue weighted by atomic mass is 10.1. The molecule has 1 aliphatic carbocycles. The fourth-order valence-corrected chi connectivity index (χ4v) is 1.98. The number of nitrogens with zero attached hydrogens (tertiary/aromatic N) is 2. The highest BCUT2D eigenvalue weighted by atomic mass is 127. The SMILES string of the molecule is CN(C)C(CN=C(N)NC1CC1)Cc1ccccc1.I. The van der Waals surface area contributed by atoms with Crippen LogP contribution in [0.2, 0.25) is 0 Å². The van der Waals surface area contributed by atoms with E-state index in [1.54, 1.807) is 0 Å². The summed E-state index contributed by atoms with van der Waals surface area (Å²) in [5, 5.41) is 3.22. The van der Waals surface area contributed by atoms with Gasteiger partial charge in [0.2, 0.25) is 0 Å². The van der Waals surface area contributed by atoms with Crippen molar-refractivity contribution in [3.8, 4) is 0 Å². The molecule has 0 aromatic heterocycles. The van der Waals surface area contributed by atoms with Crippen LogP contribution in [0, 0.1) is 0 Å². The average Bonchev–Trinajstić information content (AvgIpc) is 3.19. The zero-order chi connectivity index (χ0) is 13.7. The predicted molar refractivity (Wildman–Crippen MR) is 95.7 cm³/mol. The van der Waals surface area contributed by atoms with Gasteiger partial charge >= 0.3 is 0 Å². The molecular weight excluding hydrogens is 363 g/mol. The molecule has 112 valence electrons. The van der Waals surface area contributed by atoms with Crippen LogP contribution in [0.3, 0.4) is 0 Å². The number of hydrogen-bond donors (Lipinski definition) is 2. The summed E-state index contributed by atoms with van der Waals surface area (Å²) in [6, 6.07) is 11.5. The van der Waals surface area contributed by atoms with Gasteiger partial charge in [-0.15, -0.1) is 24.0 Å². The van der Waals surface area contributed by atoms with Gasteiger partial charge in [0.1, 0.15) is 0 Å². The monoisotopic (exact) mass is 388 g/mol. The molecule has 0 heterocycles. The number of rotatable bonds is 6. The molecule has 20 heavy (non-hydrogen) atoms. The van der Waals surface area contributed by atoms with Gasteiger partial charge in [0, 0.05) is 12.1 Å². The Hall–Kier alpha value is -0.820. The fourth-order valence-electron chi connectivity index (χ4n) is 1.98. The highest BCUT2D eigenvalue weighted by molar-refractivity contribution is 14.0. The highest BCUT2D eigenvalue weighted by Gasteiger charge is 2.21. The Balaban J connectivity index is 0.00000200. The van der Waals surface area contributed by atoms with Crippen LogP contribution >= 0.6 is 24.0 Å². The Labute approximate surface area is 138 Å². The third kappa shape index (κ3) is 6.09. The van der Waals surface area contributed by atoms with Gasteiger partial charge in [-0.2, -0.15) is 0 Å². The first-order valence-electron chi connectivity index (χ1n) is 6.92. The standard InChI is InChI=1S/C15H24N4.HI/c1-19(2)14(10-12-6-4-3-5-7-12)11-17-15(16)18-13-8-9-13;/h3-7,13-14H,8-11H2,1-2H3,(H3,16,17,18);1H. The molecule has 0 saturated heterocycles. The lowest BCUT2D eigenvalue weighted by Crippen LogP contribution is -2.37. The number of nitrogens with two attached hydrogens (primary N) is 1. The molecule has 1 aromatic carbocycles. The molecule has 0 spiro atoms. The van der Waals surface area contributed by atoms with E-state index >= 15 is 0 Å². The Kier molecular flexibility index (Phi) is 7.29. The number of aliphatic imine (C=N–C) groups is 1. The van der Waals surface area contributed by atoms with E-state index in [4.69, 9.17) is 5.73 Å². The van der Waals surface area contributed by atoms with Crippen LogP contribution in [0.15, 0.2) is 35.3 Å². The van der Waals surface area contributed by atoms with Crippen LogP contribution in [0.1, 0.15) is 18.4 Å². The third-order valence-corrected chi connectivity index (χ3v) is 3.45. The second-order valence-electron chi connectivity index (χ2n) is 5.45. The number of likely N-dealkylation sites (N-methyl/N-ethyl adjacent to an activating group) is 1. The second-order valence-corrected chi connectivity index (χ2v) is 5.45. The van der Waals surface area contributed by atoms with E-state index in [-0.39, 0.29) is 24.0 Å². The van der Waals surface area contributed by atoms with Crippen molar-refractivity contribution in [1.82, 2.24) is 10.2 Å². The Morgan fingerprint density at radius 3 is 2.55 bits per heavy atom. The van der Waals surface area contributed by atoms with Crippen molar-refractivity contribution >= 4 is 29.9 Å². The number of halogens is 1. The number of nitrogens with one attached hydrogen (secondary N) is 1. The van der Waals surface area contributed by atoms with Gasteiger partial charge in [0.15, 0.2) is 5.96 Å². The van der Waals surface area contributed by atoms with Crippen molar-refractivity contribution in [1.29, 1.82) is 0 Å². The normalized spacial score (nSPS) is 16.6. The summed E-state index contributed by atoms with van der Waals surface area (Å²) in [6.07, 6.45) is 3.43. The van der Waals surface area contributed by atoms with Gasteiger partial charge in [-0.05, 0) is 38.9 Å². The van der Waals surface area contributed by atoms with Crippen LogP contribution in [0.5, 0.6) is 0 Å². The molecule has 2 rings (SSSR count). The topological polar surface area (TPSA) is 53.6 Å².